The minimum atomic E-state index is -0.519. The number of aromatic nitrogens is 2. The van der Waals surface area contributed by atoms with Gasteiger partial charge in [-0.3, -0.25) is 0 Å². The zero-order valence-corrected chi connectivity index (χ0v) is 9.24. The molecule has 4 nitrogen and oxygen atoms in total. The van der Waals surface area contributed by atoms with Crippen LogP contribution in [0.1, 0.15) is 31.9 Å². The Labute approximate surface area is 88.5 Å². The number of aryl methyl sites for hydroxylation is 1. The molecule has 0 aliphatic rings. The van der Waals surface area contributed by atoms with Crippen molar-refractivity contribution < 1.29 is 4.42 Å². The molecule has 80 valence electrons. The van der Waals surface area contributed by atoms with Gasteiger partial charge in [-0.2, -0.15) is 4.98 Å². The standard InChI is InChI=1S/C11H15N3O/c1-4-11(3,12)10-14-9-8(15-10)6-5-7(2)13-9/h5-6H,4,12H2,1-3H3. The lowest BCUT2D eigenvalue weighted by Gasteiger charge is -2.17. The van der Waals surface area contributed by atoms with Crippen LogP contribution in [-0.2, 0) is 5.54 Å². The van der Waals surface area contributed by atoms with E-state index in [0.29, 0.717) is 17.1 Å². The van der Waals surface area contributed by atoms with Crippen LogP contribution in [0.3, 0.4) is 0 Å². The summed E-state index contributed by atoms with van der Waals surface area (Å²) in [6, 6.07) is 3.77. The molecule has 1 unspecified atom stereocenters. The van der Waals surface area contributed by atoms with Gasteiger partial charge in [-0.15, -0.1) is 0 Å². The Balaban J connectivity index is 2.56. The lowest BCUT2D eigenvalue weighted by Crippen LogP contribution is -2.32. The molecule has 0 aromatic carbocycles. The topological polar surface area (TPSA) is 64.9 Å². The number of rotatable bonds is 2. The van der Waals surface area contributed by atoms with Crippen LogP contribution in [0.15, 0.2) is 16.5 Å². The summed E-state index contributed by atoms with van der Waals surface area (Å²) in [5, 5.41) is 0. The van der Waals surface area contributed by atoms with Gasteiger partial charge in [0.05, 0.1) is 5.54 Å². The van der Waals surface area contributed by atoms with Gasteiger partial charge in [-0.05, 0) is 32.4 Å². The molecule has 2 aromatic heterocycles. The molecule has 0 aliphatic heterocycles. The van der Waals surface area contributed by atoms with Crippen molar-refractivity contribution in [2.45, 2.75) is 32.7 Å². The van der Waals surface area contributed by atoms with E-state index >= 15 is 0 Å². The largest absolute Gasteiger partial charge is 0.437 e. The number of nitrogens with zero attached hydrogens (tertiary/aromatic N) is 2. The van der Waals surface area contributed by atoms with Gasteiger partial charge in [0.1, 0.15) is 0 Å². The second-order valence-corrected chi connectivity index (χ2v) is 4.06. The van der Waals surface area contributed by atoms with Gasteiger partial charge < -0.3 is 10.2 Å². The third-order valence-corrected chi connectivity index (χ3v) is 2.62. The summed E-state index contributed by atoms with van der Waals surface area (Å²) in [4.78, 5) is 8.60. The van der Waals surface area contributed by atoms with Crippen molar-refractivity contribution in [3.63, 3.8) is 0 Å². The Kier molecular flexibility index (Phi) is 2.23. The highest BCUT2D eigenvalue weighted by molar-refractivity contribution is 5.67. The Morgan fingerprint density at radius 3 is 2.80 bits per heavy atom. The lowest BCUT2D eigenvalue weighted by atomic mass is 10.0. The van der Waals surface area contributed by atoms with Crippen LogP contribution in [-0.4, -0.2) is 9.97 Å². The third kappa shape index (κ3) is 1.72. The van der Waals surface area contributed by atoms with Gasteiger partial charge in [-0.25, -0.2) is 4.98 Å². The molecule has 0 aliphatic carbocycles. The third-order valence-electron chi connectivity index (χ3n) is 2.62. The predicted molar refractivity (Wildman–Crippen MR) is 58.4 cm³/mol. The van der Waals surface area contributed by atoms with Crippen molar-refractivity contribution in [1.29, 1.82) is 0 Å². The molecule has 2 aromatic rings. The Bertz CT molecular complexity index is 488. The van der Waals surface area contributed by atoms with Gasteiger partial charge in [-0.1, -0.05) is 6.92 Å². The van der Waals surface area contributed by atoms with Crippen LogP contribution in [0.25, 0.3) is 11.2 Å². The number of hydrogen-bond acceptors (Lipinski definition) is 4. The fraction of sp³-hybridized carbons (Fsp3) is 0.455. The zero-order chi connectivity index (χ0) is 11.1. The van der Waals surface area contributed by atoms with Crippen LogP contribution in [0.5, 0.6) is 0 Å². The van der Waals surface area contributed by atoms with Crippen molar-refractivity contribution >= 4 is 11.2 Å². The van der Waals surface area contributed by atoms with E-state index in [2.05, 4.69) is 9.97 Å². The van der Waals surface area contributed by atoms with Crippen molar-refractivity contribution in [2.24, 2.45) is 5.73 Å². The van der Waals surface area contributed by atoms with Gasteiger partial charge in [0.2, 0.25) is 5.89 Å². The quantitative estimate of drug-likeness (QED) is 0.815. The highest BCUT2D eigenvalue weighted by atomic mass is 16.4. The number of hydrogen-bond donors (Lipinski definition) is 1. The second kappa shape index (κ2) is 3.31. The van der Waals surface area contributed by atoms with Crippen LogP contribution in [0.4, 0.5) is 0 Å². The molecule has 4 heteroatoms. The maximum absolute atomic E-state index is 6.06. The molecule has 0 amide bonds. The van der Waals surface area contributed by atoms with E-state index in [1.54, 1.807) is 0 Å². The maximum atomic E-state index is 6.06. The second-order valence-electron chi connectivity index (χ2n) is 4.06. The molecule has 0 saturated carbocycles. The fourth-order valence-electron chi connectivity index (χ4n) is 1.31. The normalized spacial score (nSPS) is 15.5. The van der Waals surface area contributed by atoms with Crippen LogP contribution in [0, 0.1) is 6.92 Å². The maximum Gasteiger partial charge on any atom is 0.216 e. The summed E-state index contributed by atoms with van der Waals surface area (Å²) >= 11 is 0. The lowest BCUT2D eigenvalue weighted by molar-refractivity contribution is 0.356. The number of fused-ring (bicyclic) bond motifs is 1. The average molecular weight is 205 g/mol. The first kappa shape index (κ1) is 10.1. The minimum Gasteiger partial charge on any atom is -0.437 e. The molecule has 0 bridgehead atoms. The molecule has 2 heterocycles. The molecule has 15 heavy (non-hydrogen) atoms. The highest BCUT2D eigenvalue weighted by Crippen LogP contribution is 2.24. The van der Waals surface area contributed by atoms with Crippen molar-refractivity contribution in [3.05, 3.63) is 23.7 Å². The first-order valence-corrected chi connectivity index (χ1v) is 5.06. The molecule has 0 radical (unpaired) electrons. The van der Waals surface area contributed by atoms with E-state index < -0.39 is 5.54 Å². The summed E-state index contributed by atoms with van der Waals surface area (Å²) in [7, 11) is 0. The number of oxazole rings is 1. The van der Waals surface area contributed by atoms with Crippen LogP contribution >= 0.6 is 0 Å². The monoisotopic (exact) mass is 205 g/mol. The first-order valence-electron chi connectivity index (χ1n) is 5.06. The SMILES string of the molecule is CCC(C)(N)c1nc2nc(C)ccc2o1. The van der Waals surface area contributed by atoms with E-state index in [1.807, 2.05) is 32.9 Å². The molecule has 0 fully saturated rings. The molecule has 1 atom stereocenters. The molecular formula is C11H15N3O. The summed E-state index contributed by atoms with van der Waals surface area (Å²) in [6.45, 7) is 5.84. The summed E-state index contributed by atoms with van der Waals surface area (Å²) in [6.07, 6.45) is 0.777. The number of pyridine rings is 1. The Morgan fingerprint density at radius 1 is 1.40 bits per heavy atom. The minimum absolute atomic E-state index is 0.519. The molecule has 0 spiro atoms. The van der Waals surface area contributed by atoms with E-state index in [0.717, 1.165) is 12.1 Å². The Hall–Kier alpha value is -1.42. The molecular weight excluding hydrogens is 190 g/mol. The zero-order valence-electron chi connectivity index (χ0n) is 9.24. The highest BCUT2D eigenvalue weighted by Gasteiger charge is 2.25. The molecule has 2 N–H and O–H groups in total. The predicted octanol–water partition coefficient (Wildman–Crippen LogP) is 2.12. The van der Waals surface area contributed by atoms with Gasteiger partial charge in [0.15, 0.2) is 11.2 Å². The van der Waals surface area contributed by atoms with E-state index in [1.165, 1.54) is 0 Å². The van der Waals surface area contributed by atoms with Crippen molar-refractivity contribution in [2.75, 3.05) is 0 Å². The summed E-state index contributed by atoms with van der Waals surface area (Å²) < 4.78 is 5.58. The van der Waals surface area contributed by atoms with E-state index in [9.17, 15) is 0 Å². The van der Waals surface area contributed by atoms with Crippen LogP contribution in [0.2, 0.25) is 0 Å². The van der Waals surface area contributed by atoms with E-state index in [-0.39, 0.29) is 0 Å². The van der Waals surface area contributed by atoms with Gasteiger partial charge in [0, 0.05) is 5.69 Å². The first-order chi connectivity index (χ1) is 7.03. The summed E-state index contributed by atoms with van der Waals surface area (Å²) in [5.74, 6) is 0.554. The van der Waals surface area contributed by atoms with Gasteiger partial charge >= 0.3 is 0 Å². The van der Waals surface area contributed by atoms with Crippen LogP contribution < -0.4 is 5.73 Å². The smallest absolute Gasteiger partial charge is 0.216 e. The molecule has 0 saturated heterocycles. The van der Waals surface area contributed by atoms with E-state index in [4.69, 9.17) is 10.2 Å². The average Bonchev–Trinajstić information content (AvgIpc) is 2.61. The fourth-order valence-corrected chi connectivity index (χ4v) is 1.31. The number of nitrogens with two attached hydrogens (primary N) is 1. The van der Waals surface area contributed by atoms with Gasteiger partial charge in [0.25, 0.3) is 0 Å². The van der Waals surface area contributed by atoms with Crippen molar-refractivity contribution in [3.8, 4) is 0 Å². The Morgan fingerprint density at radius 2 is 2.13 bits per heavy atom. The molecule has 2 rings (SSSR count). The summed E-state index contributed by atoms with van der Waals surface area (Å²) in [5.41, 5.74) is 7.79. The van der Waals surface area contributed by atoms with Crippen molar-refractivity contribution in [1.82, 2.24) is 9.97 Å².